The van der Waals surface area contributed by atoms with E-state index in [-0.39, 0.29) is 6.04 Å². The fraction of sp³-hybridized carbons (Fsp3) is 0.190. The van der Waals surface area contributed by atoms with Crippen molar-refractivity contribution >= 4 is 28.7 Å². The first-order valence-corrected chi connectivity index (χ1v) is 8.96. The molecule has 2 aromatic rings. The van der Waals surface area contributed by atoms with E-state index in [0.717, 1.165) is 11.3 Å². The molecule has 114 valence electrons. The van der Waals surface area contributed by atoms with Gasteiger partial charge in [0.15, 0.2) is 0 Å². The third-order valence-corrected chi connectivity index (χ3v) is 5.36. The zero-order valence-electron chi connectivity index (χ0n) is 13.0. The zero-order valence-corrected chi connectivity index (χ0v) is 13.9. The van der Waals surface area contributed by atoms with E-state index in [1.54, 1.807) is 11.3 Å². The van der Waals surface area contributed by atoms with Gasteiger partial charge in [0.25, 0.3) is 0 Å². The van der Waals surface area contributed by atoms with E-state index < -0.39 is 0 Å². The van der Waals surface area contributed by atoms with Gasteiger partial charge in [-0.15, -0.1) is 11.3 Å². The van der Waals surface area contributed by atoms with Gasteiger partial charge >= 0.3 is 0 Å². The van der Waals surface area contributed by atoms with Gasteiger partial charge < -0.3 is 0 Å². The molecule has 0 radical (unpaired) electrons. The maximum absolute atomic E-state index is 4.78. The van der Waals surface area contributed by atoms with Crippen LogP contribution in [0.1, 0.15) is 28.0 Å². The summed E-state index contributed by atoms with van der Waals surface area (Å²) in [6.45, 7) is 4.30. The summed E-state index contributed by atoms with van der Waals surface area (Å²) >= 11 is 1.74. The van der Waals surface area contributed by atoms with Gasteiger partial charge in [-0.1, -0.05) is 36.9 Å². The fourth-order valence-corrected chi connectivity index (χ4v) is 3.84. The molecule has 23 heavy (non-hydrogen) atoms. The Hall–Kier alpha value is -2.19. The Morgan fingerprint density at radius 1 is 1.17 bits per heavy atom. The van der Waals surface area contributed by atoms with Gasteiger partial charge in [0.05, 0.1) is 11.8 Å². The average Bonchev–Trinajstić information content (AvgIpc) is 3.31. The van der Waals surface area contributed by atoms with Crippen LogP contribution in [0, 0.1) is 0 Å². The Morgan fingerprint density at radius 3 is 2.96 bits per heavy atom. The molecule has 2 aliphatic rings. The lowest BCUT2D eigenvalue weighted by molar-refractivity contribution is 0.911. The minimum atomic E-state index is 0.0671. The molecule has 0 saturated carbocycles. The van der Waals surface area contributed by atoms with Gasteiger partial charge in [-0.3, -0.25) is 4.99 Å². The third kappa shape index (κ3) is 2.99. The van der Waals surface area contributed by atoms with Crippen molar-refractivity contribution in [2.45, 2.75) is 25.3 Å². The molecular formula is C21H19NS. The maximum Gasteiger partial charge on any atom is 0.0941 e. The highest BCUT2D eigenvalue weighted by atomic mass is 32.1. The highest BCUT2D eigenvalue weighted by Gasteiger charge is 2.17. The Balaban J connectivity index is 1.50. The lowest BCUT2D eigenvalue weighted by Gasteiger charge is -2.11. The minimum Gasteiger partial charge on any atom is -0.273 e. The van der Waals surface area contributed by atoms with E-state index in [9.17, 15) is 0 Å². The Labute approximate surface area is 141 Å². The van der Waals surface area contributed by atoms with Gasteiger partial charge in [-0.25, -0.2) is 0 Å². The number of hydrogen-bond donors (Lipinski definition) is 0. The number of aryl methyl sites for hydroxylation is 2. The highest BCUT2D eigenvalue weighted by molar-refractivity contribution is 7.10. The smallest absolute Gasteiger partial charge is 0.0941 e. The summed E-state index contributed by atoms with van der Waals surface area (Å²) in [5.74, 6) is 0. The maximum atomic E-state index is 4.78. The summed E-state index contributed by atoms with van der Waals surface area (Å²) in [4.78, 5) is 6.03. The van der Waals surface area contributed by atoms with Gasteiger partial charge in [-0.2, -0.15) is 0 Å². The van der Waals surface area contributed by atoms with E-state index in [1.165, 1.54) is 40.8 Å². The van der Waals surface area contributed by atoms with E-state index in [4.69, 9.17) is 4.99 Å². The SMILES string of the molecule is C=C(c1ccc2c(c1)CCC2)C1C=CC(/C=C/c2cccs2)=N1. The molecule has 1 aliphatic carbocycles. The molecule has 4 rings (SSSR count). The molecule has 1 aromatic heterocycles. The summed E-state index contributed by atoms with van der Waals surface area (Å²) in [5.41, 5.74) is 6.34. The van der Waals surface area contributed by atoms with Crippen molar-refractivity contribution < 1.29 is 0 Å². The Kier molecular flexibility index (Phi) is 3.84. The van der Waals surface area contributed by atoms with Crippen LogP contribution >= 0.6 is 11.3 Å². The van der Waals surface area contributed by atoms with Crippen molar-refractivity contribution in [2.75, 3.05) is 0 Å². The van der Waals surface area contributed by atoms with Crippen LogP contribution in [0.4, 0.5) is 0 Å². The summed E-state index contributed by atoms with van der Waals surface area (Å²) < 4.78 is 0. The normalized spacial score (nSPS) is 19.3. The van der Waals surface area contributed by atoms with Crippen LogP contribution in [-0.4, -0.2) is 11.8 Å². The summed E-state index contributed by atoms with van der Waals surface area (Å²) in [6, 6.07) is 11.0. The lowest BCUT2D eigenvalue weighted by atomic mass is 9.97. The predicted octanol–water partition coefficient (Wildman–Crippen LogP) is 5.34. The van der Waals surface area contributed by atoms with Crippen molar-refractivity contribution in [1.82, 2.24) is 0 Å². The van der Waals surface area contributed by atoms with Gasteiger partial charge in [0, 0.05) is 4.88 Å². The second-order valence-electron chi connectivity index (χ2n) is 6.07. The van der Waals surface area contributed by atoms with Crippen LogP contribution in [0.5, 0.6) is 0 Å². The molecule has 2 heterocycles. The summed E-state index contributed by atoms with van der Waals surface area (Å²) in [7, 11) is 0. The first-order chi connectivity index (χ1) is 11.3. The lowest BCUT2D eigenvalue weighted by Crippen LogP contribution is -2.01. The zero-order chi connectivity index (χ0) is 15.6. The topological polar surface area (TPSA) is 12.4 Å². The number of thiophene rings is 1. The van der Waals surface area contributed by atoms with Crippen LogP contribution in [0.25, 0.3) is 11.6 Å². The first-order valence-electron chi connectivity index (χ1n) is 8.08. The van der Waals surface area contributed by atoms with Crippen LogP contribution in [0.15, 0.2) is 65.5 Å². The fourth-order valence-electron chi connectivity index (χ4n) is 3.23. The van der Waals surface area contributed by atoms with Crippen molar-refractivity contribution in [3.63, 3.8) is 0 Å². The number of hydrogen-bond acceptors (Lipinski definition) is 2. The molecule has 0 bridgehead atoms. The predicted molar refractivity (Wildman–Crippen MR) is 101 cm³/mol. The Bertz CT molecular complexity index is 822. The molecule has 0 fully saturated rings. The van der Waals surface area contributed by atoms with Crippen LogP contribution < -0.4 is 0 Å². The largest absolute Gasteiger partial charge is 0.273 e. The molecule has 1 aromatic carbocycles. The average molecular weight is 317 g/mol. The summed E-state index contributed by atoms with van der Waals surface area (Å²) in [5, 5.41) is 2.09. The van der Waals surface area contributed by atoms with Crippen LogP contribution in [0.3, 0.4) is 0 Å². The second kappa shape index (κ2) is 6.13. The van der Waals surface area contributed by atoms with Crippen LogP contribution in [0.2, 0.25) is 0 Å². The number of aliphatic imine (C=N–C) groups is 1. The van der Waals surface area contributed by atoms with E-state index in [2.05, 4.69) is 66.6 Å². The van der Waals surface area contributed by atoms with E-state index in [1.807, 2.05) is 0 Å². The molecule has 1 unspecified atom stereocenters. The Morgan fingerprint density at radius 2 is 2.09 bits per heavy atom. The summed E-state index contributed by atoms with van der Waals surface area (Å²) in [6.07, 6.45) is 12.1. The van der Waals surface area contributed by atoms with Gasteiger partial charge in [0.1, 0.15) is 0 Å². The number of benzene rings is 1. The van der Waals surface area contributed by atoms with Crippen molar-refractivity contribution in [3.8, 4) is 0 Å². The van der Waals surface area contributed by atoms with Gasteiger partial charge in [-0.05, 0) is 71.2 Å². The molecule has 1 nitrogen and oxygen atoms in total. The second-order valence-corrected chi connectivity index (χ2v) is 7.05. The van der Waals surface area contributed by atoms with E-state index in [0.29, 0.717) is 0 Å². The van der Waals surface area contributed by atoms with Crippen molar-refractivity contribution in [1.29, 1.82) is 0 Å². The molecule has 0 spiro atoms. The molecule has 0 saturated heterocycles. The quantitative estimate of drug-likeness (QED) is 0.721. The highest BCUT2D eigenvalue weighted by Crippen LogP contribution is 2.29. The molecular weight excluding hydrogens is 298 g/mol. The monoisotopic (exact) mass is 317 g/mol. The standard InChI is InChI=1S/C21H19NS/c1-15(17-8-7-16-4-2-5-18(16)14-17)21-12-10-19(22-21)9-11-20-6-3-13-23-20/h3,6-14,21H,1-2,4-5H2/b11-9+. The molecule has 0 amide bonds. The molecule has 1 atom stereocenters. The number of allylic oxidation sites excluding steroid dienone is 2. The van der Waals surface area contributed by atoms with Crippen molar-refractivity contribution in [2.24, 2.45) is 4.99 Å². The third-order valence-electron chi connectivity index (χ3n) is 4.53. The molecule has 2 heteroatoms. The minimum absolute atomic E-state index is 0.0671. The molecule has 0 N–H and O–H groups in total. The number of fused-ring (bicyclic) bond motifs is 1. The number of nitrogens with zero attached hydrogens (tertiary/aromatic N) is 1. The van der Waals surface area contributed by atoms with Gasteiger partial charge in [0.2, 0.25) is 0 Å². The number of rotatable bonds is 4. The van der Waals surface area contributed by atoms with E-state index >= 15 is 0 Å². The van der Waals surface area contributed by atoms with Crippen molar-refractivity contribution in [3.05, 3.63) is 82.1 Å². The molecule has 1 aliphatic heterocycles. The first kappa shape index (κ1) is 14.4. The van der Waals surface area contributed by atoms with Crippen LogP contribution in [-0.2, 0) is 12.8 Å².